The second kappa shape index (κ2) is 5.61. The fourth-order valence-corrected chi connectivity index (χ4v) is 2.00. The zero-order valence-corrected chi connectivity index (χ0v) is 11.6. The van der Waals surface area contributed by atoms with Gasteiger partial charge in [-0.2, -0.15) is 0 Å². The molecular weight excluding hydrogens is 226 g/mol. The van der Waals surface area contributed by atoms with E-state index < -0.39 is 0 Å². The van der Waals surface area contributed by atoms with Crippen molar-refractivity contribution < 1.29 is 9.47 Å². The Morgan fingerprint density at radius 3 is 2.67 bits per heavy atom. The second-order valence-corrected chi connectivity index (χ2v) is 5.33. The number of benzene rings is 1. The van der Waals surface area contributed by atoms with Gasteiger partial charge >= 0.3 is 0 Å². The summed E-state index contributed by atoms with van der Waals surface area (Å²) in [6.45, 7) is 6.96. The van der Waals surface area contributed by atoms with E-state index in [0.29, 0.717) is 12.0 Å². The Labute approximate surface area is 109 Å². The topological polar surface area (TPSA) is 30.5 Å². The summed E-state index contributed by atoms with van der Waals surface area (Å²) < 4.78 is 10.9. The Kier molecular flexibility index (Phi) is 4.12. The fourth-order valence-electron chi connectivity index (χ4n) is 2.00. The van der Waals surface area contributed by atoms with Crippen molar-refractivity contribution in [1.82, 2.24) is 5.32 Å². The van der Waals surface area contributed by atoms with E-state index in [1.54, 1.807) is 7.11 Å². The Morgan fingerprint density at radius 2 is 2.06 bits per heavy atom. The number of ether oxygens (including phenoxy) is 2. The molecule has 0 unspecified atom stereocenters. The minimum atomic E-state index is 0.551. The predicted octanol–water partition coefficient (Wildman–Crippen LogP) is 2.98. The number of hydrogen-bond donors (Lipinski definition) is 1. The molecule has 0 aliphatic heterocycles. The zero-order valence-electron chi connectivity index (χ0n) is 11.6. The summed E-state index contributed by atoms with van der Waals surface area (Å²) in [4.78, 5) is 0. The monoisotopic (exact) mass is 249 g/mol. The predicted molar refractivity (Wildman–Crippen MR) is 73.2 cm³/mol. The van der Waals surface area contributed by atoms with Gasteiger partial charge < -0.3 is 14.8 Å². The molecule has 0 heterocycles. The molecule has 3 nitrogen and oxygen atoms in total. The van der Waals surface area contributed by atoms with E-state index in [0.717, 1.165) is 24.6 Å². The van der Waals surface area contributed by atoms with Gasteiger partial charge in [0.05, 0.1) is 13.7 Å². The Bertz CT molecular complexity index is 399. The molecule has 2 rings (SSSR count). The van der Waals surface area contributed by atoms with Gasteiger partial charge in [-0.05, 0) is 42.9 Å². The average molecular weight is 249 g/mol. The van der Waals surface area contributed by atoms with Gasteiger partial charge in [0.1, 0.15) is 0 Å². The van der Waals surface area contributed by atoms with Crippen molar-refractivity contribution in [2.24, 2.45) is 5.41 Å². The van der Waals surface area contributed by atoms with Gasteiger partial charge in [-0.3, -0.25) is 0 Å². The molecule has 1 aromatic rings. The van der Waals surface area contributed by atoms with Crippen molar-refractivity contribution in [3.8, 4) is 11.5 Å². The summed E-state index contributed by atoms with van der Waals surface area (Å²) in [5.41, 5.74) is 1.79. The van der Waals surface area contributed by atoms with Crippen LogP contribution in [0.4, 0.5) is 0 Å². The standard InChI is InChI=1S/C15H23NO2/c1-4-18-14-9-12(5-6-13(14)17-3)10-16-11-15(2)7-8-15/h5-6,9,16H,4,7-8,10-11H2,1-3H3. The highest BCUT2D eigenvalue weighted by Gasteiger charge is 2.36. The summed E-state index contributed by atoms with van der Waals surface area (Å²) >= 11 is 0. The van der Waals surface area contributed by atoms with Crippen LogP contribution in [0.3, 0.4) is 0 Å². The van der Waals surface area contributed by atoms with Crippen LogP contribution in [-0.2, 0) is 6.54 Å². The summed E-state index contributed by atoms with van der Waals surface area (Å²) in [7, 11) is 1.67. The molecule has 100 valence electrons. The van der Waals surface area contributed by atoms with E-state index in [2.05, 4.69) is 24.4 Å². The van der Waals surface area contributed by atoms with Crippen molar-refractivity contribution in [3.63, 3.8) is 0 Å². The van der Waals surface area contributed by atoms with Gasteiger partial charge in [-0.1, -0.05) is 13.0 Å². The Balaban J connectivity index is 1.93. The van der Waals surface area contributed by atoms with E-state index in [4.69, 9.17) is 9.47 Å². The second-order valence-electron chi connectivity index (χ2n) is 5.33. The lowest BCUT2D eigenvalue weighted by molar-refractivity contribution is 0.310. The third-order valence-corrected chi connectivity index (χ3v) is 3.51. The molecule has 0 saturated heterocycles. The molecule has 0 atom stereocenters. The number of nitrogens with one attached hydrogen (secondary N) is 1. The molecule has 1 fully saturated rings. The molecule has 0 radical (unpaired) electrons. The highest BCUT2D eigenvalue weighted by Crippen LogP contribution is 2.44. The van der Waals surface area contributed by atoms with Gasteiger partial charge in [-0.25, -0.2) is 0 Å². The van der Waals surface area contributed by atoms with Crippen LogP contribution < -0.4 is 14.8 Å². The molecule has 18 heavy (non-hydrogen) atoms. The molecule has 0 aromatic heterocycles. The maximum atomic E-state index is 5.58. The van der Waals surface area contributed by atoms with Crippen molar-refractivity contribution in [1.29, 1.82) is 0 Å². The van der Waals surface area contributed by atoms with Crippen LogP contribution >= 0.6 is 0 Å². The number of rotatable bonds is 7. The van der Waals surface area contributed by atoms with E-state index >= 15 is 0 Å². The highest BCUT2D eigenvalue weighted by molar-refractivity contribution is 5.42. The first-order valence-electron chi connectivity index (χ1n) is 6.67. The molecule has 0 spiro atoms. The Hall–Kier alpha value is -1.22. The number of hydrogen-bond acceptors (Lipinski definition) is 3. The fraction of sp³-hybridized carbons (Fsp3) is 0.600. The molecule has 0 bridgehead atoms. The van der Waals surface area contributed by atoms with Gasteiger partial charge in [0, 0.05) is 13.1 Å². The zero-order chi connectivity index (χ0) is 13.0. The van der Waals surface area contributed by atoms with Crippen LogP contribution in [0.1, 0.15) is 32.3 Å². The third kappa shape index (κ3) is 3.39. The van der Waals surface area contributed by atoms with E-state index in [9.17, 15) is 0 Å². The highest BCUT2D eigenvalue weighted by atomic mass is 16.5. The van der Waals surface area contributed by atoms with Crippen LogP contribution in [0.15, 0.2) is 18.2 Å². The van der Waals surface area contributed by atoms with E-state index in [1.807, 2.05) is 13.0 Å². The normalized spacial score (nSPS) is 16.4. The minimum Gasteiger partial charge on any atom is -0.493 e. The van der Waals surface area contributed by atoms with E-state index in [1.165, 1.54) is 18.4 Å². The van der Waals surface area contributed by atoms with Gasteiger partial charge in [0.2, 0.25) is 0 Å². The summed E-state index contributed by atoms with van der Waals surface area (Å²) in [6, 6.07) is 6.12. The quantitative estimate of drug-likeness (QED) is 0.806. The van der Waals surface area contributed by atoms with Crippen molar-refractivity contribution in [2.75, 3.05) is 20.3 Å². The van der Waals surface area contributed by atoms with Crippen LogP contribution in [0, 0.1) is 5.41 Å². The Morgan fingerprint density at radius 1 is 1.28 bits per heavy atom. The molecule has 3 heteroatoms. The van der Waals surface area contributed by atoms with Crippen LogP contribution in [0.25, 0.3) is 0 Å². The first kappa shape index (κ1) is 13.2. The average Bonchev–Trinajstić information content (AvgIpc) is 3.08. The minimum absolute atomic E-state index is 0.551. The molecule has 0 amide bonds. The van der Waals surface area contributed by atoms with Gasteiger partial charge in [-0.15, -0.1) is 0 Å². The molecular formula is C15H23NO2. The van der Waals surface area contributed by atoms with Crippen molar-refractivity contribution in [2.45, 2.75) is 33.2 Å². The number of methoxy groups -OCH3 is 1. The van der Waals surface area contributed by atoms with Gasteiger partial charge in [0.25, 0.3) is 0 Å². The van der Waals surface area contributed by atoms with Crippen LogP contribution in [-0.4, -0.2) is 20.3 Å². The largest absolute Gasteiger partial charge is 0.493 e. The van der Waals surface area contributed by atoms with Crippen LogP contribution in [0.2, 0.25) is 0 Å². The molecule has 1 aliphatic rings. The smallest absolute Gasteiger partial charge is 0.161 e. The summed E-state index contributed by atoms with van der Waals surface area (Å²) in [5, 5.41) is 3.51. The molecule has 1 aliphatic carbocycles. The summed E-state index contributed by atoms with van der Waals surface area (Å²) in [5.74, 6) is 1.63. The first-order valence-corrected chi connectivity index (χ1v) is 6.67. The lowest BCUT2D eigenvalue weighted by atomic mass is 10.1. The molecule has 1 aromatic carbocycles. The van der Waals surface area contributed by atoms with Gasteiger partial charge in [0.15, 0.2) is 11.5 Å². The maximum absolute atomic E-state index is 5.58. The van der Waals surface area contributed by atoms with Crippen LogP contribution in [0.5, 0.6) is 11.5 Å². The maximum Gasteiger partial charge on any atom is 0.161 e. The lowest BCUT2D eigenvalue weighted by Crippen LogP contribution is -2.21. The SMILES string of the molecule is CCOc1cc(CNCC2(C)CC2)ccc1OC. The first-order chi connectivity index (χ1) is 8.67. The van der Waals surface area contributed by atoms with Crippen molar-refractivity contribution in [3.05, 3.63) is 23.8 Å². The molecule has 1 N–H and O–H groups in total. The summed E-state index contributed by atoms with van der Waals surface area (Å²) in [6.07, 6.45) is 2.71. The van der Waals surface area contributed by atoms with Crippen molar-refractivity contribution >= 4 is 0 Å². The lowest BCUT2D eigenvalue weighted by Gasteiger charge is -2.13. The third-order valence-electron chi connectivity index (χ3n) is 3.51. The molecule has 1 saturated carbocycles. The van der Waals surface area contributed by atoms with E-state index in [-0.39, 0.29) is 0 Å².